The second-order valence-corrected chi connectivity index (χ2v) is 9.84. The molecule has 1 N–H and O–H groups in total. The van der Waals surface area contributed by atoms with Crippen LogP contribution in [0, 0.1) is 0 Å². The third-order valence-corrected chi connectivity index (χ3v) is 7.39. The van der Waals surface area contributed by atoms with Gasteiger partial charge in [-0.05, 0) is 23.3 Å². The number of hydrogen-bond donors (Lipinski definition) is 1. The lowest BCUT2D eigenvalue weighted by Crippen LogP contribution is -2.53. The van der Waals surface area contributed by atoms with E-state index in [4.69, 9.17) is 4.74 Å². The van der Waals surface area contributed by atoms with Crippen molar-refractivity contribution in [1.82, 2.24) is 20.0 Å². The van der Waals surface area contributed by atoms with Gasteiger partial charge < -0.3 is 19.9 Å². The predicted molar refractivity (Wildman–Crippen MR) is 140 cm³/mol. The van der Waals surface area contributed by atoms with Gasteiger partial charge in [0.15, 0.2) is 0 Å². The van der Waals surface area contributed by atoms with Crippen molar-refractivity contribution in [2.75, 3.05) is 39.4 Å². The maximum Gasteiger partial charge on any atom is 0.416 e. The smallest absolute Gasteiger partial charge is 0.378 e. The number of hydrogen-bond acceptors (Lipinski definition) is 4. The Morgan fingerprint density at radius 2 is 1.75 bits per heavy atom. The molecule has 0 aromatic heterocycles. The number of amides is 4. The second kappa shape index (κ2) is 11.2. The summed E-state index contributed by atoms with van der Waals surface area (Å²) < 4.78 is 45.0. The molecule has 0 saturated carbocycles. The van der Waals surface area contributed by atoms with Crippen molar-refractivity contribution >= 4 is 17.8 Å². The van der Waals surface area contributed by atoms with Crippen LogP contribution in [0.15, 0.2) is 78.5 Å². The molecule has 5 rings (SSSR count). The summed E-state index contributed by atoms with van der Waals surface area (Å²) in [5.74, 6) is -0.669. The first-order valence-corrected chi connectivity index (χ1v) is 13.0. The average molecular weight is 555 g/mol. The molecule has 0 spiro atoms. The molecule has 2 aromatic rings. The Hall–Kier alpha value is -4.12. The molecular weight excluding hydrogens is 525 g/mol. The highest BCUT2D eigenvalue weighted by Crippen LogP contribution is 2.38. The van der Waals surface area contributed by atoms with Crippen LogP contribution in [0.3, 0.4) is 0 Å². The first kappa shape index (κ1) is 27.4. The fourth-order valence-corrected chi connectivity index (χ4v) is 5.36. The van der Waals surface area contributed by atoms with E-state index >= 15 is 0 Å². The van der Waals surface area contributed by atoms with Gasteiger partial charge in [0, 0.05) is 26.1 Å². The third-order valence-electron chi connectivity index (χ3n) is 7.39. The van der Waals surface area contributed by atoms with E-state index in [0.29, 0.717) is 37.6 Å². The summed E-state index contributed by atoms with van der Waals surface area (Å²) in [6.45, 7) is 5.42. The summed E-state index contributed by atoms with van der Waals surface area (Å²) in [6.07, 6.45) is -2.74. The van der Waals surface area contributed by atoms with Crippen molar-refractivity contribution in [2.45, 2.75) is 24.7 Å². The topological polar surface area (TPSA) is 82.2 Å². The molecule has 2 aromatic carbocycles. The standard InChI is InChI=1S/C29H29F3N4O4/c1-2-12-35-23-18-36(22(17-19-6-4-3-5-7-19)26(37)34-13-15-40-16-14-34)27(38)24(23)25(33-28(35)39)20-8-10-21(11-9-20)29(30,31)32/h2-11,22,25H,1,12-18H2,(H,33,39). The van der Waals surface area contributed by atoms with Crippen molar-refractivity contribution < 1.29 is 32.3 Å². The number of halogens is 3. The summed E-state index contributed by atoms with van der Waals surface area (Å²) in [5, 5.41) is 2.77. The van der Waals surface area contributed by atoms with Gasteiger partial charge in [0.2, 0.25) is 5.91 Å². The molecule has 3 aliphatic rings. The van der Waals surface area contributed by atoms with Crippen LogP contribution in [0.25, 0.3) is 0 Å². The van der Waals surface area contributed by atoms with E-state index in [2.05, 4.69) is 11.9 Å². The van der Waals surface area contributed by atoms with Crippen LogP contribution in [0.5, 0.6) is 0 Å². The number of benzene rings is 2. The molecule has 3 heterocycles. The minimum absolute atomic E-state index is 0.000140. The van der Waals surface area contributed by atoms with Gasteiger partial charge in [-0.25, -0.2) is 4.79 Å². The van der Waals surface area contributed by atoms with E-state index in [-0.39, 0.29) is 31.0 Å². The zero-order chi connectivity index (χ0) is 28.4. The molecule has 2 unspecified atom stereocenters. The van der Waals surface area contributed by atoms with Crippen LogP contribution in [0.1, 0.15) is 22.7 Å². The predicted octanol–water partition coefficient (Wildman–Crippen LogP) is 3.52. The molecule has 2 atom stereocenters. The maximum atomic E-state index is 14.1. The Labute approximate surface area is 229 Å². The first-order chi connectivity index (χ1) is 19.2. The summed E-state index contributed by atoms with van der Waals surface area (Å²) in [6, 6.07) is 11.4. The number of morpholine rings is 1. The van der Waals surface area contributed by atoms with Crippen LogP contribution in [0.2, 0.25) is 0 Å². The van der Waals surface area contributed by atoms with Crippen LogP contribution in [0.4, 0.5) is 18.0 Å². The molecule has 210 valence electrons. The number of carbonyl (C=O) groups is 3. The number of urea groups is 1. The summed E-state index contributed by atoms with van der Waals surface area (Å²) in [5.41, 5.74) is 1.00. The van der Waals surface area contributed by atoms with Gasteiger partial charge in [-0.15, -0.1) is 6.58 Å². The zero-order valence-electron chi connectivity index (χ0n) is 21.7. The van der Waals surface area contributed by atoms with Crippen molar-refractivity contribution in [3.05, 3.63) is 95.2 Å². The number of carbonyl (C=O) groups excluding carboxylic acids is 3. The van der Waals surface area contributed by atoms with Crippen molar-refractivity contribution in [3.63, 3.8) is 0 Å². The fourth-order valence-electron chi connectivity index (χ4n) is 5.36. The summed E-state index contributed by atoms with van der Waals surface area (Å²) >= 11 is 0. The van der Waals surface area contributed by atoms with Crippen molar-refractivity contribution in [2.24, 2.45) is 0 Å². The molecule has 3 aliphatic heterocycles. The van der Waals surface area contributed by atoms with Crippen LogP contribution in [-0.2, 0) is 26.9 Å². The number of ether oxygens (including phenoxy) is 1. The molecule has 11 heteroatoms. The van der Waals surface area contributed by atoms with Gasteiger partial charge in [0.1, 0.15) is 6.04 Å². The number of rotatable bonds is 7. The van der Waals surface area contributed by atoms with Gasteiger partial charge >= 0.3 is 12.2 Å². The quantitative estimate of drug-likeness (QED) is 0.531. The number of nitrogens with zero attached hydrogens (tertiary/aromatic N) is 3. The van der Waals surface area contributed by atoms with E-state index in [9.17, 15) is 27.6 Å². The highest BCUT2D eigenvalue weighted by atomic mass is 19.4. The Kier molecular flexibility index (Phi) is 7.66. The molecule has 1 fully saturated rings. The Bertz CT molecular complexity index is 1320. The molecule has 0 aliphatic carbocycles. The Balaban J connectivity index is 1.52. The van der Waals surface area contributed by atoms with Gasteiger partial charge in [0.05, 0.1) is 42.6 Å². The average Bonchev–Trinajstić information content (AvgIpc) is 3.30. The van der Waals surface area contributed by atoms with E-state index in [0.717, 1.165) is 17.7 Å². The van der Waals surface area contributed by atoms with Gasteiger partial charge in [-0.2, -0.15) is 13.2 Å². The minimum atomic E-state index is -4.52. The SMILES string of the molecule is C=CCN1C(=O)NC(c2ccc(C(F)(F)F)cc2)C2=C1CN(C(Cc1ccccc1)C(=O)N1CCOCC1)C2=O. The fraction of sp³-hybridized carbons (Fsp3) is 0.345. The minimum Gasteiger partial charge on any atom is -0.378 e. The summed E-state index contributed by atoms with van der Waals surface area (Å²) in [4.78, 5) is 45.6. The molecular formula is C29H29F3N4O4. The maximum absolute atomic E-state index is 14.1. The zero-order valence-corrected chi connectivity index (χ0v) is 21.7. The lowest BCUT2D eigenvalue weighted by Gasteiger charge is -2.35. The highest BCUT2D eigenvalue weighted by Gasteiger charge is 2.47. The molecule has 4 amide bonds. The van der Waals surface area contributed by atoms with Gasteiger partial charge in [-0.1, -0.05) is 48.5 Å². The molecule has 40 heavy (non-hydrogen) atoms. The van der Waals surface area contributed by atoms with E-state index in [1.165, 1.54) is 28.0 Å². The molecule has 0 bridgehead atoms. The molecule has 8 nitrogen and oxygen atoms in total. The monoisotopic (exact) mass is 554 g/mol. The van der Waals surface area contributed by atoms with Gasteiger partial charge in [-0.3, -0.25) is 14.5 Å². The van der Waals surface area contributed by atoms with Crippen LogP contribution >= 0.6 is 0 Å². The normalized spacial score (nSPS) is 20.4. The molecule has 1 saturated heterocycles. The first-order valence-electron chi connectivity index (χ1n) is 13.0. The second-order valence-electron chi connectivity index (χ2n) is 9.84. The Morgan fingerprint density at radius 3 is 2.38 bits per heavy atom. The largest absolute Gasteiger partial charge is 0.416 e. The van der Waals surface area contributed by atoms with Crippen LogP contribution < -0.4 is 5.32 Å². The molecule has 0 radical (unpaired) electrons. The van der Waals surface area contributed by atoms with E-state index in [1.807, 2.05) is 30.3 Å². The highest BCUT2D eigenvalue weighted by molar-refractivity contribution is 6.03. The summed E-state index contributed by atoms with van der Waals surface area (Å²) in [7, 11) is 0. The van der Waals surface area contributed by atoms with Crippen molar-refractivity contribution in [3.8, 4) is 0 Å². The van der Waals surface area contributed by atoms with Gasteiger partial charge in [0.25, 0.3) is 5.91 Å². The van der Waals surface area contributed by atoms with Crippen molar-refractivity contribution in [1.29, 1.82) is 0 Å². The lowest BCUT2D eigenvalue weighted by molar-refractivity contribution is -0.145. The number of alkyl halides is 3. The van der Waals surface area contributed by atoms with E-state index in [1.54, 1.807) is 4.90 Å². The van der Waals surface area contributed by atoms with E-state index < -0.39 is 35.8 Å². The lowest BCUT2D eigenvalue weighted by atomic mass is 9.94. The number of nitrogens with one attached hydrogen (secondary N) is 1. The van der Waals surface area contributed by atoms with Crippen LogP contribution in [-0.4, -0.2) is 78.0 Å². The Morgan fingerprint density at radius 1 is 1.07 bits per heavy atom. The third kappa shape index (κ3) is 5.33.